The van der Waals surface area contributed by atoms with Gasteiger partial charge in [0, 0.05) is 31.7 Å². The Hall–Kier alpha value is -0.940. The molecule has 4 nitrogen and oxygen atoms in total. The molecule has 2 atom stereocenters. The zero-order chi connectivity index (χ0) is 15.3. The standard InChI is InChI=1S/C18H28N2O2/c21-15-18-13-19-10-17(18)11-20(14-18)8-4-5-9-22-12-16-6-2-1-3-7-16/h1-3,6-7,17,19,21H,4-5,8-15H2. The lowest BCUT2D eigenvalue weighted by atomic mass is 9.82. The van der Waals surface area contributed by atoms with Crippen LogP contribution >= 0.6 is 0 Å². The first kappa shape index (κ1) is 15.9. The van der Waals surface area contributed by atoms with E-state index >= 15 is 0 Å². The van der Waals surface area contributed by atoms with Crippen LogP contribution in [0.4, 0.5) is 0 Å². The van der Waals surface area contributed by atoms with Crippen molar-refractivity contribution in [1.29, 1.82) is 0 Å². The molecular formula is C18H28N2O2. The largest absolute Gasteiger partial charge is 0.396 e. The lowest BCUT2D eigenvalue weighted by molar-refractivity contribution is 0.111. The van der Waals surface area contributed by atoms with Gasteiger partial charge in [0.25, 0.3) is 0 Å². The average molecular weight is 304 g/mol. The number of rotatable bonds is 8. The van der Waals surface area contributed by atoms with Gasteiger partial charge >= 0.3 is 0 Å². The molecule has 0 bridgehead atoms. The van der Waals surface area contributed by atoms with Crippen LogP contribution in [-0.4, -0.2) is 55.9 Å². The van der Waals surface area contributed by atoms with Crippen LogP contribution in [0.3, 0.4) is 0 Å². The van der Waals surface area contributed by atoms with Gasteiger partial charge in [-0.05, 0) is 37.4 Å². The highest BCUT2D eigenvalue weighted by Gasteiger charge is 2.48. The summed E-state index contributed by atoms with van der Waals surface area (Å²) in [6.45, 7) is 7.23. The number of aliphatic hydroxyl groups excluding tert-OH is 1. The van der Waals surface area contributed by atoms with Crippen LogP contribution in [0.1, 0.15) is 18.4 Å². The van der Waals surface area contributed by atoms with Gasteiger partial charge in [0.05, 0.1) is 13.2 Å². The molecule has 0 radical (unpaired) electrons. The number of benzene rings is 1. The van der Waals surface area contributed by atoms with Crippen molar-refractivity contribution in [3.8, 4) is 0 Å². The van der Waals surface area contributed by atoms with E-state index < -0.39 is 0 Å². The normalized spacial score (nSPS) is 28.1. The summed E-state index contributed by atoms with van der Waals surface area (Å²) in [6.07, 6.45) is 2.29. The molecule has 2 aliphatic heterocycles. The van der Waals surface area contributed by atoms with Gasteiger partial charge in [0.1, 0.15) is 0 Å². The van der Waals surface area contributed by atoms with Gasteiger partial charge in [-0.2, -0.15) is 0 Å². The molecule has 1 aromatic rings. The Labute approximate surface area is 133 Å². The van der Waals surface area contributed by atoms with Crippen LogP contribution in [0.5, 0.6) is 0 Å². The van der Waals surface area contributed by atoms with Gasteiger partial charge in [-0.25, -0.2) is 0 Å². The molecule has 1 aromatic carbocycles. The van der Waals surface area contributed by atoms with Crippen molar-refractivity contribution in [2.75, 3.05) is 45.9 Å². The zero-order valence-corrected chi connectivity index (χ0v) is 13.3. The summed E-state index contributed by atoms with van der Waals surface area (Å²) in [4.78, 5) is 2.53. The number of nitrogens with one attached hydrogen (secondary N) is 1. The summed E-state index contributed by atoms with van der Waals surface area (Å²) in [5.74, 6) is 0.631. The van der Waals surface area contributed by atoms with E-state index in [0.29, 0.717) is 19.1 Å². The molecule has 4 heteroatoms. The van der Waals surface area contributed by atoms with Crippen LogP contribution in [0.15, 0.2) is 30.3 Å². The molecule has 0 aliphatic carbocycles. The summed E-state index contributed by atoms with van der Waals surface area (Å²) in [5.41, 5.74) is 1.37. The van der Waals surface area contributed by atoms with Crippen molar-refractivity contribution in [1.82, 2.24) is 10.2 Å². The van der Waals surface area contributed by atoms with Crippen molar-refractivity contribution in [3.63, 3.8) is 0 Å². The van der Waals surface area contributed by atoms with Gasteiger partial charge in [-0.3, -0.25) is 0 Å². The average Bonchev–Trinajstić information content (AvgIpc) is 3.09. The number of unbranched alkanes of at least 4 members (excludes halogenated alkanes) is 1. The molecule has 0 amide bonds. The highest BCUT2D eigenvalue weighted by atomic mass is 16.5. The van der Waals surface area contributed by atoms with E-state index in [2.05, 4.69) is 34.5 Å². The van der Waals surface area contributed by atoms with E-state index in [1.54, 1.807) is 0 Å². The maximum Gasteiger partial charge on any atom is 0.0716 e. The monoisotopic (exact) mass is 304 g/mol. The van der Waals surface area contributed by atoms with Crippen LogP contribution in [0.2, 0.25) is 0 Å². The Morgan fingerprint density at radius 3 is 2.91 bits per heavy atom. The SMILES string of the molecule is OCC12CNCC1CN(CCCCOCc1ccccc1)C2. The van der Waals surface area contributed by atoms with Crippen LogP contribution in [0, 0.1) is 11.3 Å². The first-order valence-electron chi connectivity index (χ1n) is 8.48. The second-order valence-corrected chi connectivity index (χ2v) is 6.83. The topological polar surface area (TPSA) is 44.7 Å². The van der Waals surface area contributed by atoms with Gasteiger partial charge in [-0.1, -0.05) is 30.3 Å². The fraction of sp³-hybridized carbons (Fsp3) is 0.667. The molecule has 2 fully saturated rings. The van der Waals surface area contributed by atoms with E-state index in [4.69, 9.17) is 4.74 Å². The van der Waals surface area contributed by atoms with E-state index in [9.17, 15) is 5.11 Å². The molecule has 2 aliphatic rings. The highest BCUT2D eigenvalue weighted by molar-refractivity contribution is 5.13. The summed E-state index contributed by atoms with van der Waals surface area (Å²) >= 11 is 0. The summed E-state index contributed by atoms with van der Waals surface area (Å²) in [7, 11) is 0. The maximum atomic E-state index is 9.71. The lowest BCUT2D eigenvalue weighted by Crippen LogP contribution is -2.36. The van der Waals surface area contributed by atoms with Crippen molar-refractivity contribution < 1.29 is 9.84 Å². The summed E-state index contributed by atoms with van der Waals surface area (Å²) in [6, 6.07) is 10.3. The van der Waals surface area contributed by atoms with Crippen LogP contribution < -0.4 is 5.32 Å². The van der Waals surface area contributed by atoms with Crippen LogP contribution in [0.25, 0.3) is 0 Å². The Morgan fingerprint density at radius 1 is 1.27 bits per heavy atom. The van der Waals surface area contributed by atoms with Gasteiger partial charge in [-0.15, -0.1) is 0 Å². The van der Waals surface area contributed by atoms with E-state index in [1.807, 2.05) is 6.07 Å². The summed E-state index contributed by atoms with van der Waals surface area (Å²) < 4.78 is 5.73. The third-order valence-electron chi connectivity index (χ3n) is 5.19. The third kappa shape index (κ3) is 3.69. The second kappa shape index (κ2) is 7.55. The summed E-state index contributed by atoms with van der Waals surface area (Å²) in [5, 5.41) is 13.1. The minimum atomic E-state index is 0.129. The Balaban J connectivity index is 1.28. The second-order valence-electron chi connectivity index (χ2n) is 6.83. The van der Waals surface area contributed by atoms with Crippen molar-refractivity contribution in [2.24, 2.45) is 11.3 Å². The fourth-order valence-electron chi connectivity index (χ4n) is 3.83. The molecule has 3 rings (SSSR count). The number of hydrogen-bond acceptors (Lipinski definition) is 4. The molecule has 2 unspecified atom stereocenters. The molecule has 0 spiro atoms. The van der Waals surface area contributed by atoms with Crippen LogP contribution in [-0.2, 0) is 11.3 Å². The number of ether oxygens (including phenoxy) is 1. The smallest absolute Gasteiger partial charge is 0.0716 e. The lowest BCUT2D eigenvalue weighted by Gasteiger charge is -2.25. The first-order valence-corrected chi connectivity index (χ1v) is 8.48. The predicted octanol–water partition coefficient (Wildman–Crippen LogP) is 1.50. The van der Waals surface area contributed by atoms with E-state index in [0.717, 1.165) is 45.8 Å². The van der Waals surface area contributed by atoms with Crippen molar-refractivity contribution in [2.45, 2.75) is 19.4 Å². The molecular weight excluding hydrogens is 276 g/mol. The number of hydrogen-bond donors (Lipinski definition) is 2. The Kier molecular flexibility index (Phi) is 5.47. The van der Waals surface area contributed by atoms with Gasteiger partial charge < -0.3 is 20.1 Å². The van der Waals surface area contributed by atoms with Gasteiger partial charge in [0.15, 0.2) is 0 Å². The van der Waals surface area contributed by atoms with Crippen molar-refractivity contribution in [3.05, 3.63) is 35.9 Å². The minimum Gasteiger partial charge on any atom is -0.396 e. The number of aliphatic hydroxyl groups is 1. The van der Waals surface area contributed by atoms with E-state index in [-0.39, 0.29) is 5.41 Å². The number of nitrogens with zero attached hydrogens (tertiary/aromatic N) is 1. The molecule has 122 valence electrons. The Morgan fingerprint density at radius 2 is 2.14 bits per heavy atom. The minimum absolute atomic E-state index is 0.129. The quantitative estimate of drug-likeness (QED) is 0.715. The highest BCUT2D eigenvalue weighted by Crippen LogP contribution is 2.38. The molecule has 22 heavy (non-hydrogen) atoms. The first-order chi connectivity index (χ1) is 10.8. The molecule has 0 saturated carbocycles. The molecule has 2 saturated heterocycles. The third-order valence-corrected chi connectivity index (χ3v) is 5.19. The molecule has 2 heterocycles. The number of fused-ring (bicyclic) bond motifs is 1. The molecule has 0 aromatic heterocycles. The van der Waals surface area contributed by atoms with Crippen molar-refractivity contribution >= 4 is 0 Å². The zero-order valence-electron chi connectivity index (χ0n) is 13.3. The fourth-order valence-corrected chi connectivity index (χ4v) is 3.83. The predicted molar refractivity (Wildman–Crippen MR) is 87.7 cm³/mol. The molecule has 2 N–H and O–H groups in total. The Bertz CT molecular complexity index is 454. The van der Waals surface area contributed by atoms with Gasteiger partial charge in [0.2, 0.25) is 0 Å². The maximum absolute atomic E-state index is 9.71. The van der Waals surface area contributed by atoms with E-state index in [1.165, 1.54) is 12.0 Å². The number of likely N-dealkylation sites (tertiary alicyclic amines) is 1.